The first kappa shape index (κ1) is 34.2. The van der Waals surface area contributed by atoms with Crippen molar-refractivity contribution in [3.63, 3.8) is 0 Å². The van der Waals surface area contributed by atoms with Crippen LogP contribution in [0.2, 0.25) is 0 Å². The molecule has 0 aromatic heterocycles. The van der Waals surface area contributed by atoms with E-state index in [-0.39, 0.29) is 25.0 Å². The summed E-state index contributed by atoms with van der Waals surface area (Å²) in [6.07, 6.45) is 2.39. The maximum Gasteiger partial charge on any atom is 0.243 e. The summed E-state index contributed by atoms with van der Waals surface area (Å²) in [5.41, 5.74) is 7.12. The van der Waals surface area contributed by atoms with Gasteiger partial charge >= 0.3 is 0 Å². The first-order chi connectivity index (χ1) is 18.7. The number of nitrogens with one attached hydrogen (secondary N) is 4. The third-order valence-electron chi connectivity index (χ3n) is 5.17. The summed E-state index contributed by atoms with van der Waals surface area (Å²) in [6, 6.07) is 16.8. The van der Waals surface area contributed by atoms with E-state index in [0.717, 1.165) is 11.6 Å². The van der Waals surface area contributed by atoms with Crippen molar-refractivity contribution in [1.29, 1.82) is 0 Å². The molecule has 220 valence electrons. The van der Waals surface area contributed by atoms with Crippen LogP contribution < -0.4 is 27.0 Å². The number of aryl methyl sites for hydroxylation is 1. The molecule has 0 spiro atoms. The molecule has 0 fully saturated rings. The minimum Gasteiger partial charge on any atom is -0.522 e. The Labute approximate surface area is 227 Å². The zero-order chi connectivity index (χ0) is 29.0. The van der Waals surface area contributed by atoms with Gasteiger partial charge in [-0.05, 0) is 25.0 Å². The van der Waals surface area contributed by atoms with Gasteiger partial charge in [-0.15, -0.1) is 0 Å². The van der Waals surface area contributed by atoms with Gasteiger partial charge in [0.05, 0.1) is 13.1 Å². The van der Waals surface area contributed by atoms with Crippen LogP contribution in [0.1, 0.15) is 24.0 Å². The van der Waals surface area contributed by atoms with E-state index in [1.807, 2.05) is 23.5 Å². The minimum atomic E-state index is -1.16. The van der Waals surface area contributed by atoms with Gasteiger partial charge in [0.2, 0.25) is 23.6 Å². The fourth-order valence-corrected chi connectivity index (χ4v) is 3.18. The average molecular weight is 794 g/mol. The van der Waals surface area contributed by atoms with Crippen LogP contribution >= 0.6 is 0 Å². The van der Waals surface area contributed by atoms with Crippen LogP contribution in [0.5, 0.6) is 0 Å². The van der Waals surface area contributed by atoms with E-state index < -0.39 is 48.8 Å². The first-order valence-electron chi connectivity index (χ1n) is 12.1. The normalized spacial score (nSPS) is 11.0. The smallest absolute Gasteiger partial charge is 0.243 e. The predicted octanol–water partition coefficient (Wildman–Crippen LogP) is -0.0127. The number of allylic oxidation sites excluding steroid dienone is 1. The number of primary amides is 1. The molecule has 40 heavy (non-hydrogen) atoms. The second-order valence-electron chi connectivity index (χ2n) is 8.37. The minimum absolute atomic E-state index is 0. The monoisotopic (exact) mass is 793 g/mol. The quantitative estimate of drug-likeness (QED) is 0.0964. The number of rotatable bonds is 15. The molecule has 0 saturated carbocycles. The molecule has 2 atom stereocenters. The Hall–Kier alpha value is -5.80. The summed E-state index contributed by atoms with van der Waals surface area (Å²) in [6.45, 7) is 4.60. The van der Waals surface area contributed by atoms with Crippen molar-refractivity contribution >= 4 is 35.8 Å². The van der Waals surface area contributed by atoms with Crippen LogP contribution in [0, 0.1) is 6.92 Å². The summed E-state index contributed by atoms with van der Waals surface area (Å²) in [5, 5.41) is 9.33. The van der Waals surface area contributed by atoms with Crippen molar-refractivity contribution in [3.8, 4) is 0 Å². The summed E-state index contributed by atoms with van der Waals surface area (Å²) in [7, 11) is 0. The van der Waals surface area contributed by atoms with Gasteiger partial charge < -0.3 is 31.8 Å². The zero-order valence-corrected chi connectivity index (χ0v) is 24.5. The van der Waals surface area contributed by atoms with E-state index in [9.17, 15) is 28.8 Å². The van der Waals surface area contributed by atoms with Gasteiger partial charge in [-0.2, -0.15) is 6.41 Å². The molecule has 11 nitrogen and oxygen atoms in total. The molecular weight excluding hydrogens is 759 g/mol. The average Bonchev–Trinajstić information content (AvgIpc) is 2.93. The molecule has 0 aliphatic heterocycles. The van der Waals surface area contributed by atoms with E-state index in [2.05, 4.69) is 41.6 Å². The molecule has 5 amide bonds. The second kappa shape index (κ2) is 19.3. The van der Waals surface area contributed by atoms with Gasteiger partial charge in [0, 0.05) is 12.8 Å². The summed E-state index contributed by atoms with van der Waals surface area (Å²) >= 11 is 0. The van der Waals surface area contributed by atoms with E-state index >= 15 is 0 Å². The Morgan fingerprint density at radius 3 is 2.00 bits per heavy atom. The molecular formula is C28H34FmN5O6-. The van der Waals surface area contributed by atoms with Gasteiger partial charge in [0.15, 0.2) is 5.78 Å². The number of carbonyl (C=O) groups excluding carboxylic acids is 6. The van der Waals surface area contributed by atoms with E-state index in [1.54, 1.807) is 30.3 Å². The van der Waals surface area contributed by atoms with Crippen molar-refractivity contribution in [2.75, 3.05) is 13.1 Å². The standard InChI is InChI=1S/C21H26N5O6.C7H8.Fm/c1-2-15(28)8-9-16(25-19(30)12-23-13-27)21(32)26-17(20(31)24-11-18(22)29)10-14-6-4-3-5-7-14;1-7-5-3-2-4-6-7;/h2-7,16-17H,1,8-12H2,(H2,22,29)(H,23,27)(H,24,31)(H,25,30)(H,26,32);2-6H,1H3;/q-1;;. The molecule has 2 aromatic rings. The maximum atomic E-state index is 12.9. The predicted molar refractivity (Wildman–Crippen MR) is 146 cm³/mol. The maximum absolute atomic E-state index is 12.9. The molecule has 0 aliphatic carbocycles. The molecule has 0 saturated heterocycles. The van der Waals surface area contributed by atoms with Crippen LogP contribution in [-0.4, -0.2) is 61.0 Å². The van der Waals surface area contributed by atoms with Crippen LogP contribution in [0.4, 0.5) is 0 Å². The summed E-state index contributed by atoms with van der Waals surface area (Å²) < 4.78 is 0. The third-order valence-corrected chi connectivity index (χ3v) is 5.17. The summed E-state index contributed by atoms with van der Waals surface area (Å²) in [5.74, 6) is -3.14. The zero-order valence-electron chi connectivity index (χ0n) is 22.1. The van der Waals surface area contributed by atoms with Crippen molar-refractivity contribution in [1.82, 2.24) is 21.3 Å². The number of hydrogen-bond donors (Lipinski definition) is 5. The molecule has 6 N–H and O–H groups in total. The second-order valence-corrected chi connectivity index (χ2v) is 8.37. The van der Waals surface area contributed by atoms with Gasteiger partial charge in [-0.3, -0.25) is 24.0 Å². The Morgan fingerprint density at radius 1 is 0.900 bits per heavy atom. The van der Waals surface area contributed by atoms with Crippen molar-refractivity contribution in [3.05, 3.63) is 84.4 Å². The fraction of sp³-hybridized carbons (Fsp3) is 0.286. The van der Waals surface area contributed by atoms with E-state index in [4.69, 9.17) is 5.73 Å². The summed E-state index contributed by atoms with van der Waals surface area (Å²) in [4.78, 5) is 70.2. The topological polar surface area (TPSA) is 177 Å². The number of amides is 5. The van der Waals surface area contributed by atoms with Gasteiger partial charge in [-0.1, -0.05) is 72.8 Å². The molecule has 0 radical (unpaired) electrons. The van der Waals surface area contributed by atoms with Gasteiger partial charge in [-0.25, -0.2) is 0 Å². The molecule has 2 rings (SSSR count). The number of ketones is 1. The largest absolute Gasteiger partial charge is 0.522 e. The number of benzene rings is 2. The van der Waals surface area contributed by atoms with Gasteiger partial charge in [0.1, 0.15) is 12.1 Å². The van der Waals surface area contributed by atoms with Crippen LogP contribution in [0.25, 0.3) is 0 Å². The molecule has 0 bridgehead atoms. The van der Waals surface area contributed by atoms with Crippen LogP contribution in [0.3, 0.4) is 0 Å². The Bertz CT molecular complexity index is 1110. The molecule has 12 heteroatoms. The van der Waals surface area contributed by atoms with Crippen molar-refractivity contribution < 1.29 is 28.8 Å². The number of hydrogen-bond acceptors (Lipinski definition) is 6. The number of nitrogens with two attached hydrogens (primary N) is 1. The van der Waals surface area contributed by atoms with Crippen LogP contribution in [-0.2, 0) is 35.2 Å². The fourth-order valence-electron chi connectivity index (χ4n) is 3.18. The van der Waals surface area contributed by atoms with Crippen molar-refractivity contribution in [2.24, 2.45) is 5.73 Å². The third kappa shape index (κ3) is 14.7. The van der Waals surface area contributed by atoms with Gasteiger partial charge in [0.25, 0.3) is 0 Å². The molecule has 2 unspecified atom stereocenters. The molecule has 0 aliphatic rings. The Balaban J connectivity index is 0.00000164. The van der Waals surface area contributed by atoms with E-state index in [1.165, 1.54) is 12.0 Å². The SMILES string of the molecule is C=CC(=O)CCC(NC(=O)CN[C-]=O)C(=O)NC(Cc1ccccc1)C(=O)NCC(N)=O.Cc1ccccc1.[Fm]. The van der Waals surface area contributed by atoms with Crippen molar-refractivity contribution in [2.45, 2.75) is 38.3 Å². The van der Waals surface area contributed by atoms with E-state index in [0.29, 0.717) is 0 Å². The molecule has 2 aromatic carbocycles. The molecule has 0 heterocycles. The number of carbonyl (C=O) groups is 5. The first-order valence-corrected chi connectivity index (χ1v) is 12.1. The van der Waals surface area contributed by atoms with Crippen LogP contribution in [0.15, 0.2) is 73.3 Å². The Kier molecular flexibility index (Phi) is 16.5. The Morgan fingerprint density at radius 2 is 1.50 bits per heavy atom.